The van der Waals surface area contributed by atoms with Gasteiger partial charge in [0.1, 0.15) is 5.82 Å². The van der Waals surface area contributed by atoms with Crippen LogP contribution in [0.2, 0.25) is 0 Å². The summed E-state index contributed by atoms with van der Waals surface area (Å²) in [5.41, 5.74) is 1.88. The van der Waals surface area contributed by atoms with Crippen LogP contribution in [0.5, 0.6) is 0 Å². The minimum absolute atomic E-state index is 0.187. The number of anilines is 1. The quantitative estimate of drug-likeness (QED) is 0.733. The first-order chi connectivity index (χ1) is 12.0. The number of halogens is 1. The molecular formula is C18H18FN3O2S. The largest absolute Gasteiger partial charge is 0.276 e. The van der Waals surface area contributed by atoms with E-state index in [1.54, 1.807) is 42.5 Å². The van der Waals surface area contributed by atoms with Crippen molar-refractivity contribution < 1.29 is 12.8 Å². The molecule has 0 unspecified atom stereocenters. The van der Waals surface area contributed by atoms with E-state index in [1.807, 2.05) is 6.92 Å². The Labute approximate surface area is 146 Å². The molecule has 3 rings (SSSR count). The van der Waals surface area contributed by atoms with Crippen molar-refractivity contribution in [1.82, 2.24) is 9.78 Å². The average Bonchev–Trinajstić information content (AvgIpc) is 3.03. The SMILES string of the molecule is CCc1ccc(S(=O)(=O)Nc2cnn(Cc3ccccc3F)c2)cc1. The minimum Gasteiger partial charge on any atom is -0.276 e. The van der Waals surface area contributed by atoms with Gasteiger partial charge >= 0.3 is 0 Å². The molecule has 2 aromatic carbocycles. The summed E-state index contributed by atoms with van der Waals surface area (Å²) in [4.78, 5) is 0.187. The van der Waals surface area contributed by atoms with Crippen LogP contribution in [-0.4, -0.2) is 18.2 Å². The topological polar surface area (TPSA) is 64.0 Å². The van der Waals surface area contributed by atoms with Crippen molar-refractivity contribution in [1.29, 1.82) is 0 Å². The molecule has 0 atom stereocenters. The third kappa shape index (κ3) is 4.06. The van der Waals surface area contributed by atoms with Crippen LogP contribution in [-0.2, 0) is 23.0 Å². The van der Waals surface area contributed by atoms with Crippen LogP contribution < -0.4 is 4.72 Å². The molecule has 0 aliphatic heterocycles. The molecule has 1 N–H and O–H groups in total. The zero-order valence-corrected chi connectivity index (χ0v) is 14.5. The van der Waals surface area contributed by atoms with Gasteiger partial charge in [0.05, 0.1) is 23.3 Å². The van der Waals surface area contributed by atoms with Gasteiger partial charge < -0.3 is 0 Å². The third-order valence-electron chi connectivity index (χ3n) is 3.82. The Balaban J connectivity index is 1.75. The number of nitrogens with zero attached hydrogens (tertiary/aromatic N) is 2. The predicted octanol–water partition coefficient (Wildman–Crippen LogP) is 3.43. The van der Waals surface area contributed by atoms with Crippen molar-refractivity contribution in [3.05, 3.63) is 77.9 Å². The maximum Gasteiger partial charge on any atom is 0.261 e. The lowest BCUT2D eigenvalue weighted by Crippen LogP contribution is -2.12. The van der Waals surface area contributed by atoms with Gasteiger partial charge in [-0.15, -0.1) is 0 Å². The van der Waals surface area contributed by atoms with Gasteiger partial charge in [-0.3, -0.25) is 9.40 Å². The second kappa shape index (κ2) is 7.06. The predicted molar refractivity (Wildman–Crippen MR) is 94.4 cm³/mol. The molecule has 0 aliphatic carbocycles. The fourth-order valence-electron chi connectivity index (χ4n) is 2.42. The van der Waals surface area contributed by atoms with Gasteiger partial charge in [0.15, 0.2) is 0 Å². The van der Waals surface area contributed by atoms with Crippen LogP contribution >= 0.6 is 0 Å². The average molecular weight is 359 g/mol. The van der Waals surface area contributed by atoms with Crippen molar-refractivity contribution in [2.24, 2.45) is 0 Å². The van der Waals surface area contributed by atoms with Crippen LogP contribution in [0.4, 0.5) is 10.1 Å². The van der Waals surface area contributed by atoms with E-state index in [2.05, 4.69) is 9.82 Å². The number of nitrogens with one attached hydrogen (secondary N) is 1. The van der Waals surface area contributed by atoms with Crippen molar-refractivity contribution >= 4 is 15.7 Å². The van der Waals surface area contributed by atoms with E-state index in [1.165, 1.54) is 23.1 Å². The van der Waals surface area contributed by atoms with Gasteiger partial charge in [0.25, 0.3) is 10.0 Å². The lowest BCUT2D eigenvalue weighted by atomic mass is 10.2. The number of aromatic nitrogens is 2. The first-order valence-corrected chi connectivity index (χ1v) is 9.34. The maximum atomic E-state index is 13.7. The highest BCUT2D eigenvalue weighted by molar-refractivity contribution is 7.92. The second-order valence-electron chi connectivity index (χ2n) is 5.62. The molecule has 0 saturated heterocycles. The number of rotatable bonds is 6. The number of sulfonamides is 1. The lowest BCUT2D eigenvalue weighted by Gasteiger charge is -2.06. The summed E-state index contributed by atoms with van der Waals surface area (Å²) < 4.78 is 42.5. The molecule has 7 heteroatoms. The van der Waals surface area contributed by atoms with E-state index >= 15 is 0 Å². The van der Waals surface area contributed by atoms with Crippen molar-refractivity contribution in [3.63, 3.8) is 0 Å². The molecule has 1 aromatic heterocycles. The zero-order valence-electron chi connectivity index (χ0n) is 13.7. The molecule has 5 nitrogen and oxygen atoms in total. The molecule has 1 heterocycles. The summed E-state index contributed by atoms with van der Waals surface area (Å²) in [5, 5.41) is 4.08. The molecular weight excluding hydrogens is 341 g/mol. The standard InChI is InChI=1S/C18H18FN3O2S/c1-2-14-7-9-17(10-8-14)25(23,24)21-16-11-20-22(13-16)12-15-5-3-4-6-18(15)19/h3-11,13,21H,2,12H2,1H3. The summed E-state index contributed by atoms with van der Waals surface area (Å²) in [7, 11) is -3.68. The van der Waals surface area contributed by atoms with Gasteiger partial charge in [0, 0.05) is 11.8 Å². The fraction of sp³-hybridized carbons (Fsp3) is 0.167. The lowest BCUT2D eigenvalue weighted by molar-refractivity contribution is 0.585. The normalized spacial score (nSPS) is 11.4. The van der Waals surface area contributed by atoms with E-state index in [0.717, 1.165) is 12.0 Å². The van der Waals surface area contributed by atoms with E-state index in [4.69, 9.17) is 0 Å². The van der Waals surface area contributed by atoms with E-state index < -0.39 is 10.0 Å². The summed E-state index contributed by atoms with van der Waals surface area (Å²) in [6, 6.07) is 13.1. The zero-order chi connectivity index (χ0) is 17.9. The van der Waals surface area contributed by atoms with Crippen LogP contribution in [0, 0.1) is 5.82 Å². The first kappa shape index (κ1) is 17.2. The highest BCUT2D eigenvalue weighted by atomic mass is 32.2. The number of aryl methyl sites for hydroxylation is 1. The van der Waals surface area contributed by atoms with Crippen LogP contribution in [0.25, 0.3) is 0 Å². The Morgan fingerprint density at radius 3 is 2.52 bits per heavy atom. The highest BCUT2D eigenvalue weighted by Crippen LogP contribution is 2.17. The van der Waals surface area contributed by atoms with Crippen molar-refractivity contribution in [2.45, 2.75) is 24.8 Å². The van der Waals surface area contributed by atoms with Crippen LogP contribution in [0.15, 0.2) is 65.8 Å². The number of hydrogen-bond acceptors (Lipinski definition) is 3. The Kier molecular flexibility index (Phi) is 4.85. The maximum absolute atomic E-state index is 13.7. The van der Waals surface area contributed by atoms with Crippen LogP contribution in [0.1, 0.15) is 18.1 Å². The monoisotopic (exact) mass is 359 g/mol. The van der Waals surface area contributed by atoms with E-state index in [9.17, 15) is 12.8 Å². The summed E-state index contributed by atoms with van der Waals surface area (Å²) in [6.45, 7) is 2.23. The summed E-state index contributed by atoms with van der Waals surface area (Å²) >= 11 is 0. The molecule has 0 fully saturated rings. The Morgan fingerprint density at radius 2 is 1.84 bits per heavy atom. The van der Waals surface area contributed by atoms with Crippen LogP contribution in [0.3, 0.4) is 0 Å². The summed E-state index contributed by atoms with van der Waals surface area (Å²) in [5.74, 6) is -0.323. The van der Waals surface area contributed by atoms with Gasteiger partial charge in [0.2, 0.25) is 0 Å². The van der Waals surface area contributed by atoms with Gasteiger partial charge in [-0.2, -0.15) is 5.10 Å². The Hall–Kier alpha value is -2.67. The molecule has 0 saturated carbocycles. The molecule has 0 spiro atoms. The molecule has 0 amide bonds. The van der Waals surface area contributed by atoms with Gasteiger partial charge in [-0.05, 0) is 30.2 Å². The van der Waals surface area contributed by atoms with E-state index in [0.29, 0.717) is 11.3 Å². The van der Waals surface area contributed by atoms with Gasteiger partial charge in [-0.25, -0.2) is 12.8 Å². The number of hydrogen-bond donors (Lipinski definition) is 1. The molecule has 0 radical (unpaired) electrons. The van der Waals surface area contributed by atoms with Gasteiger partial charge in [-0.1, -0.05) is 37.3 Å². The third-order valence-corrected chi connectivity index (χ3v) is 5.21. The molecule has 3 aromatic rings. The first-order valence-electron chi connectivity index (χ1n) is 7.85. The summed E-state index contributed by atoms with van der Waals surface area (Å²) in [6.07, 6.45) is 3.78. The van der Waals surface area contributed by atoms with Crippen molar-refractivity contribution in [2.75, 3.05) is 4.72 Å². The molecule has 0 aliphatic rings. The van der Waals surface area contributed by atoms with Crippen molar-refractivity contribution in [3.8, 4) is 0 Å². The molecule has 25 heavy (non-hydrogen) atoms. The minimum atomic E-state index is -3.68. The fourth-order valence-corrected chi connectivity index (χ4v) is 3.45. The number of benzene rings is 2. The molecule has 130 valence electrons. The van der Waals surface area contributed by atoms with E-state index in [-0.39, 0.29) is 17.3 Å². The smallest absolute Gasteiger partial charge is 0.261 e. The Morgan fingerprint density at radius 1 is 1.12 bits per heavy atom. The Bertz CT molecular complexity index is 966. The molecule has 0 bridgehead atoms. The second-order valence-corrected chi connectivity index (χ2v) is 7.30. The highest BCUT2D eigenvalue weighted by Gasteiger charge is 2.15.